The lowest BCUT2D eigenvalue weighted by Gasteiger charge is -2.29. The quantitative estimate of drug-likeness (QED) is 0.655. The van der Waals surface area contributed by atoms with E-state index in [4.69, 9.17) is 5.73 Å². The standard InChI is InChI=1S/C11H19N5O/c12-9-2-5-16(6-3-9)8-11(17)13-7-10-1-4-14-15-10/h1,4,9H,2-3,5-8,12H2,(H,13,17)(H,14,15). The summed E-state index contributed by atoms with van der Waals surface area (Å²) in [7, 11) is 0. The van der Waals surface area contributed by atoms with E-state index in [1.165, 1.54) is 0 Å². The summed E-state index contributed by atoms with van der Waals surface area (Å²) in [5.41, 5.74) is 6.73. The first-order chi connectivity index (χ1) is 8.24. The molecule has 4 N–H and O–H groups in total. The molecule has 0 spiro atoms. The van der Waals surface area contributed by atoms with Crippen molar-refractivity contribution in [2.45, 2.75) is 25.4 Å². The van der Waals surface area contributed by atoms with Gasteiger partial charge in [-0.3, -0.25) is 14.8 Å². The Kier molecular flexibility index (Phi) is 4.11. The Hall–Kier alpha value is -1.40. The van der Waals surface area contributed by atoms with E-state index in [2.05, 4.69) is 20.4 Å². The second-order valence-corrected chi connectivity index (χ2v) is 4.47. The van der Waals surface area contributed by atoms with Gasteiger partial charge in [-0.2, -0.15) is 5.10 Å². The van der Waals surface area contributed by atoms with Crippen LogP contribution in [0.1, 0.15) is 18.5 Å². The smallest absolute Gasteiger partial charge is 0.234 e. The van der Waals surface area contributed by atoms with Crippen molar-refractivity contribution in [3.8, 4) is 0 Å². The fraction of sp³-hybridized carbons (Fsp3) is 0.636. The van der Waals surface area contributed by atoms with Gasteiger partial charge in [-0.25, -0.2) is 0 Å². The van der Waals surface area contributed by atoms with Gasteiger partial charge in [-0.1, -0.05) is 0 Å². The van der Waals surface area contributed by atoms with Crippen LogP contribution in [0.15, 0.2) is 12.3 Å². The van der Waals surface area contributed by atoms with Crippen molar-refractivity contribution >= 4 is 5.91 Å². The highest BCUT2D eigenvalue weighted by Gasteiger charge is 2.17. The van der Waals surface area contributed by atoms with Crippen LogP contribution in [0.3, 0.4) is 0 Å². The summed E-state index contributed by atoms with van der Waals surface area (Å²) in [4.78, 5) is 13.8. The number of piperidine rings is 1. The van der Waals surface area contributed by atoms with Crippen LogP contribution >= 0.6 is 0 Å². The molecule has 17 heavy (non-hydrogen) atoms. The molecule has 1 aliphatic heterocycles. The number of hydrogen-bond donors (Lipinski definition) is 3. The lowest BCUT2D eigenvalue weighted by Crippen LogP contribution is -2.44. The third-order valence-electron chi connectivity index (χ3n) is 3.03. The number of carbonyl (C=O) groups is 1. The van der Waals surface area contributed by atoms with Crippen LogP contribution in [0.25, 0.3) is 0 Å². The predicted molar refractivity (Wildman–Crippen MR) is 64.1 cm³/mol. The van der Waals surface area contributed by atoms with Crippen molar-refractivity contribution in [1.29, 1.82) is 0 Å². The van der Waals surface area contributed by atoms with Crippen molar-refractivity contribution in [2.24, 2.45) is 5.73 Å². The van der Waals surface area contributed by atoms with Gasteiger partial charge in [-0.15, -0.1) is 0 Å². The summed E-state index contributed by atoms with van der Waals surface area (Å²) >= 11 is 0. The Bertz CT molecular complexity index is 343. The van der Waals surface area contributed by atoms with Gasteiger partial charge < -0.3 is 11.1 Å². The fourth-order valence-corrected chi connectivity index (χ4v) is 1.95. The number of amides is 1. The van der Waals surface area contributed by atoms with Crippen LogP contribution < -0.4 is 11.1 Å². The van der Waals surface area contributed by atoms with E-state index >= 15 is 0 Å². The molecule has 1 aromatic rings. The van der Waals surface area contributed by atoms with Crippen LogP contribution in [0, 0.1) is 0 Å². The monoisotopic (exact) mass is 237 g/mol. The summed E-state index contributed by atoms with van der Waals surface area (Å²) in [5.74, 6) is 0.0510. The predicted octanol–water partition coefficient (Wildman–Crippen LogP) is -0.551. The maximum Gasteiger partial charge on any atom is 0.234 e. The zero-order valence-electron chi connectivity index (χ0n) is 9.85. The molecule has 2 heterocycles. The minimum Gasteiger partial charge on any atom is -0.349 e. The Labute approximate surface area is 101 Å². The van der Waals surface area contributed by atoms with Gasteiger partial charge in [-0.05, 0) is 18.9 Å². The summed E-state index contributed by atoms with van der Waals surface area (Å²) in [6.07, 6.45) is 3.63. The van der Waals surface area contributed by atoms with Crippen molar-refractivity contribution in [3.63, 3.8) is 0 Å². The number of nitrogens with two attached hydrogens (primary N) is 1. The second-order valence-electron chi connectivity index (χ2n) is 4.47. The first-order valence-corrected chi connectivity index (χ1v) is 5.97. The molecule has 6 nitrogen and oxygen atoms in total. The van der Waals surface area contributed by atoms with E-state index in [-0.39, 0.29) is 5.91 Å². The molecule has 0 aromatic carbocycles. The maximum atomic E-state index is 11.7. The van der Waals surface area contributed by atoms with Gasteiger partial charge in [0.1, 0.15) is 0 Å². The molecule has 1 amide bonds. The molecule has 0 unspecified atom stereocenters. The molecule has 0 saturated carbocycles. The molecular weight excluding hydrogens is 218 g/mol. The van der Waals surface area contributed by atoms with Gasteiger partial charge in [0.05, 0.1) is 18.8 Å². The first kappa shape index (κ1) is 12.1. The molecule has 0 radical (unpaired) electrons. The van der Waals surface area contributed by atoms with Crippen LogP contribution in [0.5, 0.6) is 0 Å². The summed E-state index contributed by atoms with van der Waals surface area (Å²) in [6, 6.07) is 2.15. The number of rotatable bonds is 4. The lowest BCUT2D eigenvalue weighted by molar-refractivity contribution is -0.122. The average molecular weight is 237 g/mol. The zero-order valence-corrected chi connectivity index (χ0v) is 9.85. The minimum absolute atomic E-state index is 0.0510. The third kappa shape index (κ3) is 3.83. The molecule has 0 aliphatic carbocycles. The molecule has 1 aromatic heterocycles. The Morgan fingerprint density at radius 3 is 3.00 bits per heavy atom. The van der Waals surface area contributed by atoms with Crippen LogP contribution in [-0.2, 0) is 11.3 Å². The molecule has 0 atom stereocenters. The number of aromatic nitrogens is 2. The zero-order chi connectivity index (χ0) is 12.1. The van der Waals surface area contributed by atoms with Crippen molar-refractivity contribution < 1.29 is 4.79 Å². The largest absolute Gasteiger partial charge is 0.349 e. The van der Waals surface area contributed by atoms with Gasteiger partial charge >= 0.3 is 0 Å². The molecule has 6 heteroatoms. The molecule has 2 rings (SSSR count). The Morgan fingerprint density at radius 2 is 2.35 bits per heavy atom. The SMILES string of the molecule is NC1CCN(CC(=O)NCc2ccn[nH]2)CC1. The van der Waals surface area contributed by atoms with Crippen LogP contribution in [0.4, 0.5) is 0 Å². The number of likely N-dealkylation sites (tertiary alicyclic amines) is 1. The maximum absolute atomic E-state index is 11.7. The van der Waals surface area contributed by atoms with E-state index in [0.29, 0.717) is 19.1 Å². The van der Waals surface area contributed by atoms with E-state index in [0.717, 1.165) is 31.6 Å². The first-order valence-electron chi connectivity index (χ1n) is 5.97. The lowest BCUT2D eigenvalue weighted by atomic mass is 10.1. The Morgan fingerprint density at radius 1 is 1.59 bits per heavy atom. The number of hydrogen-bond acceptors (Lipinski definition) is 4. The summed E-state index contributed by atoms with van der Waals surface area (Å²) < 4.78 is 0. The molecule has 1 saturated heterocycles. The van der Waals surface area contributed by atoms with Gasteiger partial charge in [0.2, 0.25) is 5.91 Å². The highest BCUT2D eigenvalue weighted by molar-refractivity contribution is 5.77. The average Bonchev–Trinajstić information content (AvgIpc) is 2.83. The molecule has 0 bridgehead atoms. The second kappa shape index (κ2) is 5.79. The van der Waals surface area contributed by atoms with Crippen molar-refractivity contribution in [1.82, 2.24) is 20.4 Å². The number of H-pyrrole nitrogens is 1. The normalized spacial score (nSPS) is 18.2. The number of aromatic amines is 1. The van der Waals surface area contributed by atoms with E-state index in [1.807, 2.05) is 6.07 Å². The van der Waals surface area contributed by atoms with Gasteiger partial charge in [0.15, 0.2) is 0 Å². The van der Waals surface area contributed by atoms with Gasteiger partial charge in [0.25, 0.3) is 0 Å². The third-order valence-corrected chi connectivity index (χ3v) is 3.03. The molecule has 1 fully saturated rings. The number of nitrogens with zero attached hydrogens (tertiary/aromatic N) is 2. The Balaban J connectivity index is 1.67. The molecule has 1 aliphatic rings. The van der Waals surface area contributed by atoms with Crippen molar-refractivity contribution in [3.05, 3.63) is 18.0 Å². The minimum atomic E-state index is 0.0510. The van der Waals surface area contributed by atoms with Gasteiger partial charge in [0, 0.05) is 25.3 Å². The number of nitrogens with one attached hydrogen (secondary N) is 2. The highest BCUT2D eigenvalue weighted by atomic mass is 16.2. The van der Waals surface area contributed by atoms with Crippen LogP contribution in [0.2, 0.25) is 0 Å². The fourth-order valence-electron chi connectivity index (χ4n) is 1.95. The topological polar surface area (TPSA) is 87.0 Å². The summed E-state index contributed by atoms with van der Waals surface area (Å²) in [6.45, 7) is 2.80. The number of carbonyl (C=O) groups excluding carboxylic acids is 1. The van der Waals surface area contributed by atoms with E-state index < -0.39 is 0 Å². The molecular formula is C11H19N5O. The van der Waals surface area contributed by atoms with E-state index in [1.54, 1.807) is 6.20 Å². The van der Waals surface area contributed by atoms with Crippen molar-refractivity contribution in [2.75, 3.05) is 19.6 Å². The molecule has 94 valence electrons. The highest BCUT2D eigenvalue weighted by Crippen LogP contribution is 2.07. The summed E-state index contributed by atoms with van der Waals surface area (Å²) in [5, 5.41) is 9.49. The van der Waals surface area contributed by atoms with E-state index in [9.17, 15) is 4.79 Å². The van der Waals surface area contributed by atoms with Crippen LogP contribution in [-0.4, -0.2) is 46.7 Å².